The number of nitrogens with zero attached hydrogens (tertiary/aromatic N) is 1. The average molecular weight is 398 g/mol. The van der Waals surface area contributed by atoms with E-state index in [1.807, 2.05) is 36.4 Å². The predicted molar refractivity (Wildman–Crippen MR) is 115 cm³/mol. The lowest BCUT2D eigenvalue weighted by Gasteiger charge is -2.18. The quantitative estimate of drug-likeness (QED) is 0.389. The van der Waals surface area contributed by atoms with Crippen LogP contribution >= 0.6 is 0 Å². The number of hydrogen-bond donors (Lipinski definition) is 1. The van der Waals surface area contributed by atoms with Crippen molar-refractivity contribution in [3.8, 4) is 0 Å². The van der Waals surface area contributed by atoms with Crippen LogP contribution in [0, 0.1) is 5.92 Å². The molecule has 1 amide bonds. The number of nitrogens with one attached hydrogen (secondary N) is 1. The number of amides is 1. The summed E-state index contributed by atoms with van der Waals surface area (Å²) in [5.41, 5.74) is 5.87. The molecule has 0 radical (unpaired) electrons. The number of hydrogen-bond acceptors (Lipinski definition) is 4. The molecule has 1 N–H and O–H groups in total. The van der Waals surface area contributed by atoms with E-state index in [0.29, 0.717) is 5.56 Å². The fraction of sp³-hybridized carbons (Fsp3) is 0.160. The van der Waals surface area contributed by atoms with Gasteiger partial charge in [-0.2, -0.15) is 5.10 Å². The van der Waals surface area contributed by atoms with Gasteiger partial charge in [0.1, 0.15) is 0 Å². The second kappa shape index (κ2) is 8.33. The van der Waals surface area contributed by atoms with Gasteiger partial charge in [0, 0.05) is 5.41 Å². The number of esters is 1. The summed E-state index contributed by atoms with van der Waals surface area (Å²) in [5, 5.41) is 4.11. The summed E-state index contributed by atoms with van der Waals surface area (Å²) in [7, 11) is 1.34. The number of rotatable bonds is 6. The van der Waals surface area contributed by atoms with Crippen LogP contribution in [-0.2, 0) is 14.9 Å². The summed E-state index contributed by atoms with van der Waals surface area (Å²) in [6.45, 7) is 0. The molecule has 0 heterocycles. The molecule has 0 bridgehead atoms. The Labute approximate surface area is 175 Å². The van der Waals surface area contributed by atoms with Crippen LogP contribution < -0.4 is 5.43 Å². The van der Waals surface area contributed by atoms with Gasteiger partial charge in [-0.25, -0.2) is 10.2 Å². The van der Waals surface area contributed by atoms with Gasteiger partial charge in [-0.15, -0.1) is 0 Å². The summed E-state index contributed by atoms with van der Waals surface area (Å²) in [5.74, 6) is -0.676. The summed E-state index contributed by atoms with van der Waals surface area (Å²) in [6, 6.07) is 27.1. The van der Waals surface area contributed by atoms with E-state index in [4.69, 9.17) is 0 Å². The van der Waals surface area contributed by atoms with Gasteiger partial charge in [-0.3, -0.25) is 4.79 Å². The van der Waals surface area contributed by atoms with Crippen molar-refractivity contribution in [1.82, 2.24) is 5.43 Å². The summed E-state index contributed by atoms with van der Waals surface area (Å²) >= 11 is 0. The van der Waals surface area contributed by atoms with Crippen molar-refractivity contribution in [3.05, 3.63) is 107 Å². The maximum Gasteiger partial charge on any atom is 0.337 e. The molecule has 0 unspecified atom stereocenters. The molecule has 0 saturated heterocycles. The Bertz CT molecular complexity index is 1020. The van der Waals surface area contributed by atoms with Crippen molar-refractivity contribution >= 4 is 18.1 Å². The van der Waals surface area contributed by atoms with Crippen molar-refractivity contribution in [2.75, 3.05) is 7.11 Å². The van der Waals surface area contributed by atoms with Crippen molar-refractivity contribution in [1.29, 1.82) is 0 Å². The zero-order valence-electron chi connectivity index (χ0n) is 16.6. The molecule has 4 rings (SSSR count). The lowest BCUT2D eigenvalue weighted by atomic mass is 9.85. The van der Waals surface area contributed by atoms with E-state index in [-0.39, 0.29) is 17.2 Å². The number of carbonyl (C=O) groups excluding carboxylic acids is 2. The topological polar surface area (TPSA) is 67.8 Å². The zero-order valence-corrected chi connectivity index (χ0v) is 16.6. The molecule has 150 valence electrons. The van der Waals surface area contributed by atoms with Crippen LogP contribution in [0.1, 0.15) is 33.5 Å². The van der Waals surface area contributed by atoms with Crippen molar-refractivity contribution in [3.63, 3.8) is 0 Å². The van der Waals surface area contributed by atoms with Crippen LogP contribution in [-0.4, -0.2) is 25.2 Å². The lowest BCUT2D eigenvalue weighted by molar-refractivity contribution is -0.122. The maximum absolute atomic E-state index is 12.9. The molecule has 1 aliphatic rings. The van der Waals surface area contributed by atoms with Gasteiger partial charge >= 0.3 is 5.97 Å². The molecule has 5 heteroatoms. The molecule has 3 aromatic carbocycles. The summed E-state index contributed by atoms with van der Waals surface area (Å²) in [6.07, 6.45) is 2.31. The van der Waals surface area contributed by atoms with Gasteiger partial charge in [-0.1, -0.05) is 72.8 Å². The van der Waals surface area contributed by atoms with Crippen molar-refractivity contribution < 1.29 is 14.3 Å². The zero-order chi connectivity index (χ0) is 21.0. The third-order valence-electron chi connectivity index (χ3n) is 5.58. The molecular formula is C25H22N2O3. The Morgan fingerprint density at radius 3 is 2.03 bits per heavy atom. The third-order valence-corrected chi connectivity index (χ3v) is 5.58. The summed E-state index contributed by atoms with van der Waals surface area (Å²) < 4.78 is 4.68. The number of ether oxygens (including phenoxy) is 1. The number of benzene rings is 3. The number of methoxy groups -OCH3 is 1. The van der Waals surface area contributed by atoms with E-state index >= 15 is 0 Å². The number of carbonyl (C=O) groups is 2. The van der Waals surface area contributed by atoms with E-state index in [0.717, 1.165) is 23.1 Å². The van der Waals surface area contributed by atoms with Gasteiger partial charge < -0.3 is 4.74 Å². The Kier molecular flexibility index (Phi) is 5.44. The number of hydrazone groups is 1. The molecule has 0 aliphatic heterocycles. The highest BCUT2D eigenvalue weighted by atomic mass is 16.5. The highest BCUT2D eigenvalue weighted by Crippen LogP contribution is 2.58. The first-order valence-electron chi connectivity index (χ1n) is 9.77. The summed E-state index contributed by atoms with van der Waals surface area (Å²) in [4.78, 5) is 24.3. The monoisotopic (exact) mass is 398 g/mol. The van der Waals surface area contributed by atoms with Crippen LogP contribution in [0.25, 0.3) is 0 Å². The lowest BCUT2D eigenvalue weighted by Crippen LogP contribution is -2.25. The molecule has 0 aromatic heterocycles. The molecule has 1 saturated carbocycles. The van der Waals surface area contributed by atoms with Crippen LogP contribution in [0.5, 0.6) is 0 Å². The second-order valence-corrected chi connectivity index (χ2v) is 7.31. The van der Waals surface area contributed by atoms with Crippen LogP contribution in [0.15, 0.2) is 90.0 Å². The highest BCUT2D eigenvalue weighted by molar-refractivity contribution is 5.91. The molecule has 1 atom stereocenters. The van der Waals surface area contributed by atoms with Gasteiger partial charge in [0.25, 0.3) is 0 Å². The first kappa shape index (κ1) is 19.6. The van der Waals surface area contributed by atoms with E-state index in [2.05, 4.69) is 39.5 Å². The van der Waals surface area contributed by atoms with Crippen molar-refractivity contribution in [2.45, 2.75) is 11.8 Å². The first-order valence-corrected chi connectivity index (χ1v) is 9.77. The van der Waals surface area contributed by atoms with E-state index in [9.17, 15) is 9.59 Å². The molecule has 0 spiro atoms. The average Bonchev–Trinajstić information content (AvgIpc) is 3.57. The Morgan fingerprint density at radius 1 is 0.933 bits per heavy atom. The standard InChI is InChI=1S/C25H22N2O3/c1-30-24(29)19-14-12-18(13-15-19)17-26-27-23(28)22-16-25(22,20-8-4-2-5-9-20)21-10-6-3-7-11-21/h2-15,17,22H,16H2,1H3,(H,27,28)/b26-17-/t22-/m1/s1. The van der Waals surface area contributed by atoms with Crippen molar-refractivity contribution in [2.24, 2.45) is 11.0 Å². The smallest absolute Gasteiger partial charge is 0.337 e. The Balaban J connectivity index is 1.47. The second-order valence-electron chi connectivity index (χ2n) is 7.31. The fourth-order valence-electron chi connectivity index (χ4n) is 3.93. The molecule has 3 aromatic rings. The van der Waals surface area contributed by atoms with Gasteiger partial charge in [-0.05, 0) is 35.2 Å². The highest BCUT2D eigenvalue weighted by Gasteiger charge is 2.60. The molecule has 1 fully saturated rings. The minimum absolute atomic E-state index is 0.106. The third kappa shape index (κ3) is 3.74. The molecule has 30 heavy (non-hydrogen) atoms. The molecule has 5 nitrogen and oxygen atoms in total. The molecular weight excluding hydrogens is 376 g/mol. The predicted octanol–water partition coefficient (Wildman–Crippen LogP) is 3.93. The van der Waals surface area contributed by atoms with E-state index < -0.39 is 5.97 Å². The van der Waals surface area contributed by atoms with Crippen LogP contribution in [0.2, 0.25) is 0 Å². The van der Waals surface area contributed by atoms with Gasteiger partial charge in [0.15, 0.2) is 0 Å². The minimum atomic E-state index is -0.390. The molecule has 1 aliphatic carbocycles. The largest absolute Gasteiger partial charge is 0.465 e. The SMILES string of the molecule is COC(=O)c1ccc(/C=N\NC(=O)[C@H]2CC2(c2ccccc2)c2ccccc2)cc1. The van der Waals surface area contributed by atoms with Crippen LogP contribution in [0.4, 0.5) is 0 Å². The fourth-order valence-corrected chi connectivity index (χ4v) is 3.93. The van der Waals surface area contributed by atoms with Gasteiger partial charge in [0.05, 0.1) is 24.8 Å². The Hall–Kier alpha value is -3.73. The van der Waals surface area contributed by atoms with Gasteiger partial charge in [0.2, 0.25) is 5.91 Å². The first-order chi connectivity index (χ1) is 14.6. The van der Waals surface area contributed by atoms with E-state index in [1.54, 1.807) is 30.5 Å². The minimum Gasteiger partial charge on any atom is -0.465 e. The maximum atomic E-state index is 12.9. The van der Waals surface area contributed by atoms with Crippen LogP contribution in [0.3, 0.4) is 0 Å². The normalized spacial score (nSPS) is 16.8. The van der Waals surface area contributed by atoms with E-state index in [1.165, 1.54) is 7.11 Å². The Morgan fingerprint density at radius 2 is 1.50 bits per heavy atom.